The molecular formula is C21H24N4O2. The molecular weight excluding hydrogens is 340 g/mol. The molecule has 0 radical (unpaired) electrons. The van der Waals surface area contributed by atoms with Gasteiger partial charge < -0.3 is 15.2 Å². The Bertz CT molecular complexity index is 926. The first kappa shape index (κ1) is 17.5. The van der Waals surface area contributed by atoms with Crippen molar-refractivity contribution in [3.05, 3.63) is 59.2 Å². The number of aryl methyl sites for hydroxylation is 1. The molecule has 1 aliphatic carbocycles. The van der Waals surface area contributed by atoms with Crippen LogP contribution in [0.2, 0.25) is 0 Å². The summed E-state index contributed by atoms with van der Waals surface area (Å²) in [4.78, 5) is 33.1. The zero-order chi connectivity index (χ0) is 19.0. The number of nitrogens with zero attached hydrogens (tertiary/aromatic N) is 2. The van der Waals surface area contributed by atoms with Gasteiger partial charge in [-0.25, -0.2) is 0 Å². The van der Waals surface area contributed by atoms with E-state index in [9.17, 15) is 9.59 Å². The number of hydrogen-bond acceptors (Lipinski definition) is 4. The van der Waals surface area contributed by atoms with E-state index in [1.54, 1.807) is 17.3 Å². The molecule has 0 bridgehead atoms. The number of carbonyl (C=O) groups is 1. The van der Waals surface area contributed by atoms with Gasteiger partial charge in [0.15, 0.2) is 0 Å². The van der Waals surface area contributed by atoms with Crippen LogP contribution >= 0.6 is 0 Å². The largest absolute Gasteiger partial charge is 0.377 e. The summed E-state index contributed by atoms with van der Waals surface area (Å²) in [5, 5.41) is 3.48. The number of hydrogen-bond donors (Lipinski definition) is 2. The summed E-state index contributed by atoms with van der Waals surface area (Å²) in [6.45, 7) is 7.00. The average molecular weight is 364 g/mol. The van der Waals surface area contributed by atoms with Crippen LogP contribution in [0.3, 0.4) is 0 Å². The van der Waals surface area contributed by atoms with Crippen LogP contribution < -0.4 is 10.9 Å². The molecule has 0 spiro atoms. The van der Waals surface area contributed by atoms with Gasteiger partial charge in [-0.1, -0.05) is 6.58 Å². The number of aromatic amines is 1. The van der Waals surface area contributed by atoms with Gasteiger partial charge in [-0.15, -0.1) is 0 Å². The molecule has 0 aromatic carbocycles. The topological polar surface area (TPSA) is 78.1 Å². The highest BCUT2D eigenvalue weighted by molar-refractivity contribution is 5.87. The number of nitrogens with one attached hydrogen (secondary N) is 2. The maximum Gasteiger partial charge on any atom is 0.271 e. The molecule has 1 saturated carbocycles. The van der Waals surface area contributed by atoms with E-state index in [0.717, 1.165) is 29.9 Å². The molecule has 6 nitrogen and oxygen atoms in total. The molecule has 1 saturated heterocycles. The van der Waals surface area contributed by atoms with E-state index in [2.05, 4.69) is 21.9 Å². The third-order valence-electron chi connectivity index (χ3n) is 5.47. The Balaban J connectivity index is 1.54. The smallest absolute Gasteiger partial charge is 0.271 e. The van der Waals surface area contributed by atoms with Crippen LogP contribution in [0.5, 0.6) is 0 Å². The van der Waals surface area contributed by atoms with Gasteiger partial charge in [-0.3, -0.25) is 14.6 Å². The Labute approximate surface area is 158 Å². The van der Waals surface area contributed by atoms with Crippen LogP contribution in [0, 0.1) is 18.8 Å². The van der Waals surface area contributed by atoms with Gasteiger partial charge in [-0.2, -0.15) is 0 Å². The van der Waals surface area contributed by atoms with E-state index in [1.807, 2.05) is 25.1 Å². The Morgan fingerprint density at radius 1 is 1.37 bits per heavy atom. The molecule has 6 heteroatoms. The minimum Gasteiger partial charge on any atom is -0.377 e. The summed E-state index contributed by atoms with van der Waals surface area (Å²) in [5.41, 5.74) is 3.28. The summed E-state index contributed by atoms with van der Waals surface area (Å²) in [5.74, 6) is 0.906. The highest BCUT2D eigenvalue weighted by atomic mass is 16.2. The molecule has 1 amide bonds. The number of likely N-dealkylation sites (tertiary alicyclic amines) is 1. The van der Waals surface area contributed by atoms with Crippen molar-refractivity contribution in [3.63, 3.8) is 0 Å². The fourth-order valence-electron chi connectivity index (χ4n) is 3.74. The van der Waals surface area contributed by atoms with Crippen molar-refractivity contribution in [1.29, 1.82) is 0 Å². The highest BCUT2D eigenvalue weighted by Crippen LogP contribution is 2.40. The Hall–Kier alpha value is -2.89. The Kier molecular flexibility index (Phi) is 4.56. The Morgan fingerprint density at radius 2 is 2.15 bits per heavy atom. The summed E-state index contributed by atoms with van der Waals surface area (Å²) < 4.78 is 0. The summed E-state index contributed by atoms with van der Waals surface area (Å²) >= 11 is 0. The standard InChI is InChI=1S/C21H24N4O2/c1-3-19(26)25-11-16(12-25)20(14-4-5-14)24-18-9-15(10-23-21(18)27)17-8-13(2)6-7-22-17/h3,6-10,14,16,20,24H,1,4-5,11-12H2,2H3,(H,23,27). The lowest BCUT2D eigenvalue weighted by Gasteiger charge is -2.43. The molecule has 4 rings (SSSR count). The number of carbonyl (C=O) groups excluding carboxylic acids is 1. The summed E-state index contributed by atoms with van der Waals surface area (Å²) in [7, 11) is 0. The lowest BCUT2D eigenvalue weighted by molar-refractivity contribution is -0.132. The van der Waals surface area contributed by atoms with Gasteiger partial charge in [-0.05, 0) is 55.5 Å². The molecule has 3 heterocycles. The summed E-state index contributed by atoms with van der Waals surface area (Å²) in [6.07, 6.45) is 7.17. The third kappa shape index (κ3) is 3.65. The SMILES string of the molecule is C=CC(=O)N1CC(C(Nc2cc(-c3cc(C)ccn3)c[nH]c2=O)C2CC2)C1. The van der Waals surface area contributed by atoms with Gasteiger partial charge in [0.2, 0.25) is 5.91 Å². The first-order valence-corrected chi connectivity index (χ1v) is 9.39. The minimum absolute atomic E-state index is 0.0221. The van der Waals surface area contributed by atoms with Gasteiger partial charge in [0.1, 0.15) is 5.69 Å². The number of aromatic nitrogens is 2. The molecule has 1 unspecified atom stereocenters. The van der Waals surface area contributed by atoms with E-state index >= 15 is 0 Å². The maximum absolute atomic E-state index is 12.4. The molecule has 1 aliphatic heterocycles. The zero-order valence-electron chi connectivity index (χ0n) is 15.4. The molecule has 140 valence electrons. The normalized spacial score (nSPS) is 17.9. The molecule has 27 heavy (non-hydrogen) atoms. The molecule has 2 aliphatic rings. The van der Waals surface area contributed by atoms with Gasteiger partial charge in [0.05, 0.1) is 5.69 Å². The van der Waals surface area contributed by atoms with Crippen LogP contribution in [0.15, 0.2) is 48.0 Å². The first-order valence-electron chi connectivity index (χ1n) is 9.39. The zero-order valence-corrected chi connectivity index (χ0v) is 15.4. The number of amides is 1. The Morgan fingerprint density at radius 3 is 2.81 bits per heavy atom. The molecule has 2 fully saturated rings. The van der Waals surface area contributed by atoms with Crippen LogP contribution in [0.1, 0.15) is 18.4 Å². The predicted octanol–water partition coefficient (Wildman–Crippen LogP) is 2.58. The van der Waals surface area contributed by atoms with E-state index in [-0.39, 0.29) is 17.5 Å². The van der Waals surface area contributed by atoms with Crippen LogP contribution in [-0.2, 0) is 4.79 Å². The third-order valence-corrected chi connectivity index (χ3v) is 5.47. The van der Waals surface area contributed by atoms with Gasteiger partial charge in [0.25, 0.3) is 5.56 Å². The van der Waals surface area contributed by atoms with Crippen molar-refractivity contribution in [2.75, 3.05) is 18.4 Å². The van der Waals surface area contributed by atoms with Gasteiger partial charge >= 0.3 is 0 Å². The van der Waals surface area contributed by atoms with E-state index in [4.69, 9.17) is 0 Å². The van der Waals surface area contributed by atoms with Crippen molar-refractivity contribution >= 4 is 11.6 Å². The second-order valence-corrected chi connectivity index (χ2v) is 7.56. The van der Waals surface area contributed by atoms with Crippen molar-refractivity contribution in [2.24, 2.45) is 11.8 Å². The van der Waals surface area contributed by atoms with Gasteiger partial charge in [0, 0.05) is 43.0 Å². The van der Waals surface area contributed by atoms with Crippen LogP contribution in [0.25, 0.3) is 11.3 Å². The van der Waals surface area contributed by atoms with E-state index in [0.29, 0.717) is 17.5 Å². The second-order valence-electron chi connectivity index (χ2n) is 7.56. The van der Waals surface area contributed by atoms with Crippen molar-refractivity contribution in [3.8, 4) is 11.3 Å². The van der Waals surface area contributed by atoms with Crippen molar-refractivity contribution < 1.29 is 4.79 Å². The highest BCUT2D eigenvalue weighted by Gasteiger charge is 2.43. The average Bonchev–Trinajstić information content (AvgIpc) is 3.46. The van der Waals surface area contributed by atoms with Crippen molar-refractivity contribution in [1.82, 2.24) is 14.9 Å². The molecule has 1 atom stereocenters. The quantitative estimate of drug-likeness (QED) is 0.773. The number of anilines is 1. The van der Waals surface area contributed by atoms with E-state index < -0.39 is 0 Å². The number of H-pyrrole nitrogens is 1. The summed E-state index contributed by atoms with van der Waals surface area (Å²) in [6, 6.07) is 6.03. The maximum atomic E-state index is 12.4. The van der Waals surface area contributed by atoms with Crippen molar-refractivity contribution in [2.45, 2.75) is 25.8 Å². The first-order chi connectivity index (χ1) is 13.0. The van der Waals surface area contributed by atoms with Crippen LogP contribution in [0.4, 0.5) is 5.69 Å². The van der Waals surface area contributed by atoms with Crippen LogP contribution in [-0.4, -0.2) is 39.9 Å². The lowest BCUT2D eigenvalue weighted by Crippen LogP contribution is -2.56. The number of pyridine rings is 2. The minimum atomic E-state index is -0.129. The second kappa shape index (κ2) is 7.02. The molecule has 2 aromatic heterocycles. The predicted molar refractivity (Wildman–Crippen MR) is 105 cm³/mol. The molecule has 2 N–H and O–H groups in total. The lowest BCUT2D eigenvalue weighted by atomic mass is 9.88. The van der Waals surface area contributed by atoms with E-state index in [1.165, 1.54) is 18.9 Å². The number of rotatable bonds is 6. The fourth-order valence-corrected chi connectivity index (χ4v) is 3.74. The monoisotopic (exact) mass is 364 g/mol. The fraction of sp³-hybridized carbons (Fsp3) is 0.381. The molecule has 2 aromatic rings.